The Morgan fingerprint density at radius 3 is 2.35 bits per heavy atom. The Morgan fingerprint density at radius 2 is 1.94 bits per heavy atom. The van der Waals surface area contributed by atoms with Crippen LogP contribution in [-0.4, -0.2) is 31.8 Å². The number of carbonyl (C=O) groups is 1. The molecule has 1 aromatic carbocycles. The van der Waals surface area contributed by atoms with E-state index >= 15 is 0 Å². The normalized spacial score (nSPS) is 11.9. The van der Waals surface area contributed by atoms with Gasteiger partial charge in [0.05, 0.1) is 5.92 Å². The standard InChI is InChI=1S/C12H16N2O3/c1-13(2)12-5-3-10(4-6-12)11(7-8-15)9-14(16)17/h3-6,8,11H,7,9H2,1-2H3. The zero-order valence-electron chi connectivity index (χ0n) is 10.00. The van der Waals surface area contributed by atoms with Crippen LogP contribution in [0.4, 0.5) is 5.69 Å². The van der Waals surface area contributed by atoms with E-state index in [0.29, 0.717) is 0 Å². The summed E-state index contributed by atoms with van der Waals surface area (Å²) in [5, 5.41) is 10.5. The number of hydrogen-bond donors (Lipinski definition) is 0. The maximum atomic E-state index is 10.5. The molecule has 0 aliphatic heterocycles. The molecule has 1 rings (SSSR count). The van der Waals surface area contributed by atoms with E-state index in [1.54, 1.807) is 0 Å². The lowest BCUT2D eigenvalue weighted by atomic mass is 9.96. The van der Waals surface area contributed by atoms with Crippen LogP contribution in [0, 0.1) is 10.1 Å². The van der Waals surface area contributed by atoms with E-state index in [0.717, 1.165) is 17.5 Å². The molecule has 0 aromatic heterocycles. The van der Waals surface area contributed by atoms with E-state index in [4.69, 9.17) is 0 Å². The number of rotatable bonds is 6. The molecule has 1 aromatic rings. The minimum absolute atomic E-state index is 0.183. The molecular formula is C12H16N2O3. The third kappa shape index (κ3) is 3.86. The van der Waals surface area contributed by atoms with E-state index in [9.17, 15) is 14.9 Å². The topological polar surface area (TPSA) is 63.5 Å². The second-order valence-corrected chi connectivity index (χ2v) is 4.10. The highest BCUT2D eigenvalue weighted by atomic mass is 16.6. The average Bonchev–Trinajstić information content (AvgIpc) is 2.28. The monoisotopic (exact) mass is 236 g/mol. The predicted molar refractivity (Wildman–Crippen MR) is 66.1 cm³/mol. The first-order valence-electron chi connectivity index (χ1n) is 5.37. The van der Waals surface area contributed by atoms with Crippen molar-refractivity contribution in [3.63, 3.8) is 0 Å². The smallest absolute Gasteiger partial charge is 0.211 e. The van der Waals surface area contributed by atoms with E-state index < -0.39 is 0 Å². The molecule has 0 spiro atoms. The highest BCUT2D eigenvalue weighted by molar-refractivity contribution is 5.53. The fourth-order valence-electron chi connectivity index (χ4n) is 1.66. The molecule has 0 amide bonds. The van der Waals surface area contributed by atoms with Crippen molar-refractivity contribution in [2.75, 3.05) is 25.5 Å². The lowest BCUT2D eigenvalue weighted by molar-refractivity contribution is -0.483. The van der Waals surface area contributed by atoms with Gasteiger partial charge in [-0.1, -0.05) is 12.1 Å². The van der Waals surface area contributed by atoms with Crippen molar-refractivity contribution in [2.24, 2.45) is 0 Å². The Bertz CT molecular complexity index is 387. The lowest BCUT2D eigenvalue weighted by Crippen LogP contribution is -2.14. The average molecular weight is 236 g/mol. The van der Waals surface area contributed by atoms with Crippen molar-refractivity contribution in [3.05, 3.63) is 39.9 Å². The highest BCUT2D eigenvalue weighted by Gasteiger charge is 2.17. The van der Waals surface area contributed by atoms with Gasteiger partial charge in [0.2, 0.25) is 6.54 Å². The number of nitrogens with zero attached hydrogens (tertiary/aromatic N) is 2. The third-order valence-corrected chi connectivity index (χ3v) is 2.63. The van der Waals surface area contributed by atoms with E-state index in [2.05, 4.69) is 0 Å². The Morgan fingerprint density at radius 1 is 1.35 bits per heavy atom. The van der Waals surface area contributed by atoms with Gasteiger partial charge < -0.3 is 9.69 Å². The fourth-order valence-corrected chi connectivity index (χ4v) is 1.66. The largest absolute Gasteiger partial charge is 0.378 e. The molecule has 0 saturated heterocycles. The molecule has 5 heteroatoms. The van der Waals surface area contributed by atoms with Crippen molar-refractivity contribution in [1.82, 2.24) is 0 Å². The van der Waals surface area contributed by atoms with Gasteiger partial charge in [-0.25, -0.2) is 0 Å². The van der Waals surface area contributed by atoms with Gasteiger partial charge in [0.25, 0.3) is 0 Å². The van der Waals surface area contributed by atoms with Crippen LogP contribution >= 0.6 is 0 Å². The second-order valence-electron chi connectivity index (χ2n) is 4.10. The van der Waals surface area contributed by atoms with Crippen LogP contribution in [0.1, 0.15) is 17.9 Å². The highest BCUT2D eigenvalue weighted by Crippen LogP contribution is 2.21. The summed E-state index contributed by atoms with van der Waals surface area (Å²) in [6.07, 6.45) is 0.913. The molecule has 17 heavy (non-hydrogen) atoms. The van der Waals surface area contributed by atoms with Crippen molar-refractivity contribution >= 4 is 12.0 Å². The van der Waals surface area contributed by atoms with Gasteiger partial charge in [-0.2, -0.15) is 0 Å². The number of hydrogen-bond acceptors (Lipinski definition) is 4. The quantitative estimate of drug-likeness (QED) is 0.428. The molecule has 1 atom stereocenters. The van der Waals surface area contributed by atoms with Gasteiger partial charge in [0, 0.05) is 31.1 Å². The summed E-state index contributed by atoms with van der Waals surface area (Å²) in [7, 11) is 3.85. The number of carbonyl (C=O) groups excluding carboxylic acids is 1. The van der Waals surface area contributed by atoms with E-state index in [1.165, 1.54) is 0 Å². The maximum Gasteiger partial charge on any atom is 0.211 e. The lowest BCUT2D eigenvalue weighted by Gasteiger charge is -2.15. The summed E-state index contributed by atoms with van der Waals surface area (Å²) in [4.78, 5) is 22.6. The van der Waals surface area contributed by atoms with Gasteiger partial charge >= 0.3 is 0 Å². The molecule has 0 aliphatic rings. The van der Waals surface area contributed by atoms with Crippen LogP contribution in [0.3, 0.4) is 0 Å². The molecule has 92 valence electrons. The van der Waals surface area contributed by atoms with Crippen molar-refractivity contribution in [2.45, 2.75) is 12.3 Å². The first-order chi connectivity index (χ1) is 8.04. The Kier molecular flexibility index (Phi) is 4.63. The van der Waals surface area contributed by atoms with Crippen LogP contribution in [-0.2, 0) is 4.79 Å². The SMILES string of the molecule is CN(C)c1ccc(C(CC=O)C[N+](=O)[O-])cc1. The van der Waals surface area contributed by atoms with Crippen LogP contribution in [0.2, 0.25) is 0 Å². The third-order valence-electron chi connectivity index (χ3n) is 2.63. The molecule has 0 radical (unpaired) electrons. The zero-order chi connectivity index (χ0) is 12.8. The molecule has 0 saturated carbocycles. The molecule has 0 bridgehead atoms. The van der Waals surface area contributed by atoms with Crippen LogP contribution in [0.15, 0.2) is 24.3 Å². The van der Waals surface area contributed by atoms with E-state index in [-0.39, 0.29) is 23.8 Å². The first kappa shape index (κ1) is 13.2. The second kappa shape index (κ2) is 5.98. The number of aldehydes is 1. The van der Waals surface area contributed by atoms with Crippen molar-refractivity contribution in [3.8, 4) is 0 Å². The summed E-state index contributed by atoms with van der Waals surface area (Å²) >= 11 is 0. The summed E-state index contributed by atoms with van der Waals surface area (Å²) in [6, 6.07) is 7.47. The molecule has 0 N–H and O–H groups in total. The Labute approximate surface area is 100 Å². The van der Waals surface area contributed by atoms with Gasteiger partial charge in [0.1, 0.15) is 6.29 Å². The molecular weight excluding hydrogens is 220 g/mol. The maximum absolute atomic E-state index is 10.5. The molecule has 5 nitrogen and oxygen atoms in total. The Balaban J connectivity index is 2.86. The van der Waals surface area contributed by atoms with Crippen LogP contribution < -0.4 is 4.90 Å². The van der Waals surface area contributed by atoms with Gasteiger partial charge in [-0.15, -0.1) is 0 Å². The molecule has 1 unspecified atom stereocenters. The fraction of sp³-hybridized carbons (Fsp3) is 0.417. The van der Waals surface area contributed by atoms with Crippen LogP contribution in [0.5, 0.6) is 0 Å². The van der Waals surface area contributed by atoms with Gasteiger partial charge in [0.15, 0.2) is 0 Å². The predicted octanol–water partition coefficient (Wildman–Crippen LogP) is 1.70. The Hall–Kier alpha value is -1.91. The summed E-state index contributed by atoms with van der Waals surface area (Å²) in [6.45, 7) is -0.208. The first-order valence-corrected chi connectivity index (χ1v) is 5.37. The van der Waals surface area contributed by atoms with E-state index in [1.807, 2.05) is 43.3 Å². The molecule has 0 fully saturated rings. The molecule has 0 heterocycles. The van der Waals surface area contributed by atoms with Crippen LogP contribution in [0.25, 0.3) is 0 Å². The number of nitro groups is 1. The van der Waals surface area contributed by atoms with Crippen molar-refractivity contribution < 1.29 is 9.72 Å². The number of benzene rings is 1. The van der Waals surface area contributed by atoms with Crippen molar-refractivity contribution in [1.29, 1.82) is 0 Å². The van der Waals surface area contributed by atoms with Gasteiger partial charge in [-0.3, -0.25) is 10.1 Å². The minimum atomic E-state index is -0.381. The summed E-state index contributed by atoms with van der Waals surface area (Å²) in [5.74, 6) is -0.335. The number of anilines is 1. The summed E-state index contributed by atoms with van der Waals surface area (Å²) in [5.41, 5.74) is 1.86. The zero-order valence-corrected chi connectivity index (χ0v) is 10.00. The molecule has 0 aliphatic carbocycles. The summed E-state index contributed by atoms with van der Waals surface area (Å²) < 4.78 is 0. The minimum Gasteiger partial charge on any atom is -0.378 e. The van der Waals surface area contributed by atoms with Gasteiger partial charge in [-0.05, 0) is 17.7 Å².